The van der Waals surface area contributed by atoms with Gasteiger partial charge < -0.3 is 24.4 Å². The third-order valence-electron chi connectivity index (χ3n) is 5.19. The van der Waals surface area contributed by atoms with Gasteiger partial charge in [0, 0.05) is 33.2 Å². The minimum absolute atomic E-state index is 0.141. The van der Waals surface area contributed by atoms with E-state index in [-0.39, 0.29) is 18.3 Å². The fourth-order valence-electron chi connectivity index (χ4n) is 3.89. The number of hydrogen-bond donors (Lipinski definition) is 1. The lowest BCUT2D eigenvalue weighted by Crippen LogP contribution is -2.54. The SMILES string of the molecule is CN=C(NCC1Cc2ccccc2O1)N1CCOC(C2CCCO2)C1. The summed E-state index contributed by atoms with van der Waals surface area (Å²) in [5, 5.41) is 3.48. The Morgan fingerprint density at radius 3 is 2.92 bits per heavy atom. The maximum atomic E-state index is 6.01. The number of rotatable bonds is 3. The number of nitrogens with zero attached hydrogens (tertiary/aromatic N) is 2. The van der Waals surface area contributed by atoms with Crippen molar-refractivity contribution in [3.63, 3.8) is 0 Å². The van der Waals surface area contributed by atoms with Gasteiger partial charge in [0.25, 0.3) is 0 Å². The van der Waals surface area contributed by atoms with Gasteiger partial charge >= 0.3 is 0 Å². The fourth-order valence-corrected chi connectivity index (χ4v) is 3.89. The second-order valence-corrected chi connectivity index (χ2v) is 6.89. The average Bonchev–Trinajstić information content (AvgIpc) is 3.32. The molecule has 1 N–H and O–H groups in total. The Hall–Kier alpha value is -1.79. The first-order valence-electron chi connectivity index (χ1n) is 9.27. The molecule has 1 aromatic carbocycles. The van der Waals surface area contributed by atoms with Crippen LogP contribution in [-0.4, -0.2) is 69.1 Å². The first kappa shape index (κ1) is 16.7. The summed E-state index contributed by atoms with van der Waals surface area (Å²) in [5.74, 6) is 1.93. The Morgan fingerprint density at radius 2 is 2.12 bits per heavy atom. The molecule has 0 bridgehead atoms. The lowest BCUT2D eigenvalue weighted by molar-refractivity contribution is -0.0817. The molecule has 2 fully saturated rings. The van der Waals surface area contributed by atoms with Gasteiger partial charge in [0.2, 0.25) is 0 Å². The molecule has 6 heteroatoms. The second-order valence-electron chi connectivity index (χ2n) is 6.89. The number of aliphatic imine (C=N–C) groups is 1. The molecule has 3 aliphatic rings. The third-order valence-corrected chi connectivity index (χ3v) is 5.19. The summed E-state index contributed by atoms with van der Waals surface area (Å²) in [7, 11) is 1.84. The molecule has 2 saturated heterocycles. The Kier molecular flexibility index (Phi) is 5.08. The molecule has 3 atom stereocenters. The largest absolute Gasteiger partial charge is 0.488 e. The van der Waals surface area contributed by atoms with E-state index in [0.717, 1.165) is 63.8 Å². The number of nitrogens with one attached hydrogen (secondary N) is 1. The van der Waals surface area contributed by atoms with Crippen molar-refractivity contribution in [3.8, 4) is 5.75 Å². The fraction of sp³-hybridized carbons (Fsp3) is 0.632. The van der Waals surface area contributed by atoms with Crippen LogP contribution in [0.2, 0.25) is 0 Å². The highest BCUT2D eigenvalue weighted by Gasteiger charge is 2.32. The van der Waals surface area contributed by atoms with E-state index in [2.05, 4.69) is 27.3 Å². The second kappa shape index (κ2) is 7.62. The van der Waals surface area contributed by atoms with Gasteiger partial charge in [-0.1, -0.05) is 18.2 Å². The molecule has 136 valence electrons. The standard InChI is InChI=1S/C19H27N3O3/c1-20-19(21-12-15-11-14-5-2-3-6-16(14)25-15)22-8-10-24-18(13-22)17-7-4-9-23-17/h2-3,5-6,15,17-18H,4,7-13H2,1H3,(H,20,21). The summed E-state index contributed by atoms with van der Waals surface area (Å²) in [4.78, 5) is 6.74. The van der Waals surface area contributed by atoms with E-state index in [9.17, 15) is 0 Å². The Morgan fingerprint density at radius 1 is 1.24 bits per heavy atom. The van der Waals surface area contributed by atoms with Gasteiger partial charge in [-0.15, -0.1) is 0 Å². The zero-order valence-electron chi connectivity index (χ0n) is 14.8. The van der Waals surface area contributed by atoms with Crippen molar-refractivity contribution in [1.82, 2.24) is 10.2 Å². The molecule has 0 spiro atoms. The summed E-state index contributed by atoms with van der Waals surface area (Å²) in [6, 6.07) is 8.26. The van der Waals surface area contributed by atoms with Gasteiger partial charge in [-0.2, -0.15) is 0 Å². The average molecular weight is 345 g/mol. The molecule has 3 aliphatic heterocycles. The smallest absolute Gasteiger partial charge is 0.193 e. The first-order valence-corrected chi connectivity index (χ1v) is 9.27. The van der Waals surface area contributed by atoms with E-state index in [0.29, 0.717) is 0 Å². The summed E-state index contributed by atoms with van der Waals surface area (Å²) >= 11 is 0. The van der Waals surface area contributed by atoms with Crippen LogP contribution in [0.1, 0.15) is 18.4 Å². The highest BCUT2D eigenvalue weighted by Crippen LogP contribution is 2.27. The molecule has 6 nitrogen and oxygen atoms in total. The molecule has 1 aromatic rings. The summed E-state index contributed by atoms with van der Waals surface area (Å²) in [6.45, 7) is 4.02. The quantitative estimate of drug-likeness (QED) is 0.664. The van der Waals surface area contributed by atoms with Gasteiger partial charge in [0.1, 0.15) is 18.0 Å². The predicted octanol–water partition coefficient (Wildman–Crippen LogP) is 1.45. The molecule has 0 radical (unpaired) electrons. The molecule has 0 amide bonds. The van der Waals surface area contributed by atoms with Crippen molar-refractivity contribution in [2.24, 2.45) is 4.99 Å². The minimum Gasteiger partial charge on any atom is -0.488 e. The summed E-state index contributed by atoms with van der Waals surface area (Å²) in [5.41, 5.74) is 1.29. The molecule has 3 unspecified atom stereocenters. The van der Waals surface area contributed by atoms with E-state index in [1.165, 1.54) is 5.56 Å². The van der Waals surface area contributed by atoms with Crippen molar-refractivity contribution in [1.29, 1.82) is 0 Å². The van der Waals surface area contributed by atoms with Crippen LogP contribution in [-0.2, 0) is 15.9 Å². The predicted molar refractivity (Wildman–Crippen MR) is 96.2 cm³/mol. The zero-order chi connectivity index (χ0) is 17.1. The molecule has 0 aromatic heterocycles. The molecule has 0 aliphatic carbocycles. The highest BCUT2D eigenvalue weighted by molar-refractivity contribution is 5.80. The van der Waals surface area contributed by atoms with Crippen molar-refractivity contribution in [2.75, 3.05) is 39.9 Å². The zero-order valence-corrected chi connectivity index (χ0v) is 14.8. The van der Waals surface area contributed by atoms with Crippen LogP contribution in [0.3, 0.4) is 0 Å². The number of benzene rings is 1. The maximum absolute atomic E-state index is 6.01. The molecule has 0 saturated carbocycles. The van der Waals surface area contributed by atoms with E-state index >= 15 is 0 Å². The van der Waals surface area contributed by atoms with E-state index in [4.69, 9.17) is 14.2 Å². The Bertz CT molecular complexity index is 591. The molecular weight excluding hydrogens is 318 g/mol. The van der Waals surface area contributed by atoms with Crippen molar-refractivity contribution >= 4 is 5.96 Å². The van der Waals surface area contributed by atoms with E-state index < -0.39 is 0 Å². The summed E-state index contributed by atoms with van der Waals surface area (Å²) < 4.78 is 17.7. The normalized spacial score (nSPS) is 29.4. The molecule has 3 heterocycles. The van der Waals surface area contributed by atoms with Crippen LogP contribution in [0.15, 0.2) is 29.3 Å². The molecular formula is C19H27N3O3. The monoisotopic (exact) mass is 345 g/mol. The van der Waals surface area contributed by atoms with Crippen LogP contribution in [0.4, 0.5) is 0 Å². The topological polar surface area (TPSA) is 55.3 Å². The lowest BCUT2D eigenvalue weighted by atomic mass is 10.1. The highest BCUT2D eigenvalue weighted by atomic mass is 16.5. The lowest BCUT2D eigenvalue weighted by Gasteiger charge is -2.37. The Labute approximate surface area is 149 Å². The molecule has 4 rings (SSSR count). The van der Waals surface area contributed by atoms with Crippen LogP contribution in [0, 0.1) is 0 Å². The van der Waals surface area contributed by atoms with Gasteiger partial charge in [0.05, 0.1) is 19.3 Å². The Balaban J connectivity index is 1.30. The number of morpholine rings is 1. The van der Waals surface area contributed by atoms with Crippen molar-refractivity contribution in [2.45, 2.75) is 37.6 Å². The summed E-state index contributed by atoms with van der Waals surface area (Å²) in [6.07, 6.45) is 3.71. The van der Waals surface area contributed by atoms with Crippen LogP contribution < -0.4 is 10.1 Å². The maximum Gasteiger partial charge on any atom is 0.193 e. The van der Waals surface area contributed by atoms with Crippen molar-refractivity contribution in [3.05, 3.63) is 29.8 Å². The first-order chi connectivity index (χ1) is 12.3. The van der Waals surface area contributed by atoms with E-state index in [1.54, 1.807) is 0 Å². The van der Waals surface area contributed by atoms with Crippen LogP contribution in [0.5, 0.6) is 5.75 Å². The number of guanidine groups is 1. The van der Waals surface area contributed by atoms with Gasteiger partial charge in [-0.05, 0) is 24.5 Å². The van der Waals surface area contributed by atoms with Gasteiger partial charge in [0.15, 0.2) is 5.96 Å². The third kappa shape index (κ3) is 3.75. The number of ether oxygens (including phenoxy) is 3. The number of para-hydroxylation sites is 1. The van der Waals surface area contributed by atoms with Gasteiger partial charge in [-0.3, -0.25) is 4.99 Å². The van der Waals surface area contributed by atoms with Gasteiger partial charge in [-0.25, -0.2) is 0 Å². The van der Waals surface area contributed by atoms with Crippen molar-refractivity contribution < 1.29 is 14.2 Å². The van der Waals surface area contributed by atoms with Crippen LogP contribution in [0.25, 0.3) is 0 Å². The van der Waals surface area contributed by atoms with E-state index in [1.807, 2.05) is 19.2 Å². The number of hydrogen-bond acceptors (Lipinski definition) is 4. The minimum atomic E-state index is 0.141. The van der Waals surface area contributed by atoms with Crippen LogP contribution >= 0.6 is 0 Å². The molecule has 25 heavy (non-hydrogen) atoms. The number of fused-ring (bicyclic) bond motifs is 1.